The van der Waals surface area contributed by atoms with E-state index >= 15 is 0 Å². The molecule has 0 atom stereocenters. The quantitative estimate of drug-likeness (QED) is 0.176. The molecule has 1 aliphatic heterocycles. The predicted molar refractivity (Wildman–Crippen MR) is 105 cm³/mol. The van der Waals surface area contributed by atoms with Crippen molar-refractivity contribution in [3.05, 3.63) is 28.4 Å². The summed E-state index contributed by atoms with van der Waals surface area (Å²) in [5.74, 6) is -6.60. The van der Waals surface area contributed by atoms with Gasteiger partial charge in [-0.05, 0) is 45.0 Å². The van der Waals surface area contributed by atoms with Gasteiger partial charge in [-0.3, -0.25) is 10.1 Å². The van der Waals surface area contributed by atoms with Gasteiger partial charge in [-0.15, -0.1) is 0 Å². The lowest BCUT2D eigenvalue weighted by atomic mass is 10.1. The normalized spacial score (nSPS) is 12.8. The van der Waals surface area contributed by atoms with Gasteiger partial charge < -0.3 is 30.6 Å². The Balaban J connectivity index is 0.000000620. The number of carboxylic acid groups (broad SMARTS) is 4. The number of pyridine rings is 1. The zero-order chi connectivity index (χ0) is 23.8. The SMILES string of the molecule is O=C(O)C(=O)O.O=C(O)C(=O)O.O=[N+]([O-])c1ccc(NCCCN2CCCCC2)nc1. The molecule has 0 amide bonds. The van der Waals surface area contributed by atoms with E-state index in [1.165, 1.54) is 44.6 Å². The Hall–Kier alpha value is -3.81. The highest BCUT2D eigenvalue weighted by Crippen LogP contribution is 2.12. The summed E-state index contributed by atoms with van der Waals surface area (Å²) < 4.78 is 0. The first-order valence-corrected chi connectivity index (χ1v) is 9.03. The number of hydrogen-bond acceptors (Lipinski definition) is 9. The molecule has 0 aliphatic carbocycles. The van der Waals surface area contributed by atoms with Gasteiger partial charge in [0, 0.05) is 12.6 Å². The molecule has 1 saturated heterocycles. The second-order valence-electron chi connectivity index (χ2n) is 6.06. The third kappa shape index (κ3) is 13.9. The molecule has 0 spiro atoms. The van der Waals surface area contributed by atoms with Crippen LogP contribution in [0.1, 0.15) is 25.7 Å². The molecular weight excluding hydrogens is 420 g/mol. The minimum absolute atomic E-state index is 0.0267. The first kappa shape index (κ1) is 27.2. The molecule has 0 unspecified atom stereocenters. The molecule has 0 aromatic carbocycles. The molecule has 1 aromatic heterocycles. The Kier molecular flexibility index (Phi) is 13.2. The third-order valence-corrected chi connectivity index (χ3v) is 3.73. The molecule has 2 heterocycles. The van der Waals surface area contributed by atoms with Gasteiger partial charge in [-0.2, -0.15) is 0 Å². The number of carboxylic acids is 4. The lowest BCUT2D eigenvalue weighted by molar-refractivity contribution is -0.385. The van der Waals surface area contributed by atoms with Gasteiger partial charge in [-0.25, -0.2) is 24.2 Å². The topological polar surface area (TPSA) is 220 Å². The van der Waals surface area contributed by atoms with Crippen LogP contribution in [0.4, 0.5) is 11.5 Å². The standard InChI is InChI=1S/C13H20N4O2.2C2H2O4/c18-17(19)12-5-6-13(15-11-12)14-7-4-10-16-8-2-1-3-9-16;2*3-1(4)2(5)6/h5-6,11H,1-4,7-10H2,(H,14,15);2*(H,3,4)(H,5,6). The van der Waals surface area contributed by atoms with Gasteiger partial charge in [-0.1, -0.05) is 6.42 Å². The number of anilines is 1. The number of likely N-dealkylation sites (tertiary alicyclic amines) is 1. The summed E-state index contributed by atoms with van der Waals surface area (Å²) in [5, 5.41) is 43.2. The van der Waals surface area contributed by atoms with E-state index in [4.69, 9.17) is 39.6 Å². The number of nitrogens with one attached hydrogen (secondary N) is 1. The second kappa shape index (κ2) is 15.1. The maximum Gasteiger partial charge on any atom is 0.414 e. The van der Waals surface area contributed by atoms with Crippen LogP contribution in [0.3, 0.4) is 0 Å². The summed E-state index contributed by atoms with van der Waals surface area (Å²) in [4.78, 5) is 53.0. The summed E-state index contributed by atoms with van der Waals surface area (Å²) in [5.41, 5.74) is 0.0267. The van der Waals surface area contributed by atoms with Crippen LogP contribution in [0.5, 0.6) is 0 Å². The fourth-order valence-electron chi connectivity index (χ4n) is 2.30. The molecule has 0 saturated carbocycles. The highest BCUT2D eigenvalue weighted by molar-refractivity contribution is 6.27. The lowest BCUT2D eigenvalue weighted by Crippen LogP contribution is -2.31. The number of piperidine rings is 1. The maximum atomic E-state index is 10.5. The number of hydrogen-bond donors (Lipinski definition) is 5. The van der Waals surface area contributed by atoms with Crippen molar-refractivity contribution in [3.8, 4) is 0 Å². The molecule has 0 bridgehead atoms. The van der Waals surface area contributed by atoms with E-state index in [1.807, 2.05) is 0 Å². The average molecular weight is 444 g/mol. The smallest absolute Gasteiger partial charge is 0.414 e. The molecule has 1 aliphatic rings. The van der Waals surface area contributed by atoms with Gasteiger partial charge in [0.1, 0.15) is 12.0 Å². The van der Waals surface area contributed by atoms with Gasteiger partial charge in [0.15, 0.2) is 0 Å². The Morgan fingerprint density at radius 1 is 0.968 bits per heavy atom. The third-order valence-electron chi connectivity index (χ3n) is 3.73. The van der Waals surface area contributed by atoms with Crippen molar-refractivity contribution >= 4 is 35.4 Å². The van der Waals surface area contributed by atoms with Crippen molar-refractivity contribution in [1.82, 2.24) is 9.88 Å². The number of nitrogens with zero attached hydrogens (tertiary/aromatic N) is 3. The van der Waals surface area contributed by atoms with Crippen LogP contribution >= 0.6 is 0 Å². The van der Waals surface area contributed by atoms with Crippen molar-refractivity contribution in [2.24, 2.45) is 0 Å². The van der Waals surface area contributed by atoms with E-state index in [0.29, 0.717) is 5.82 Å². The van der Waals surface area contributed by atoms with E-state index in [9.17, 15) is 10.1 Å². The molecule has 14 heteroatoms. The largest absolute Gasteiger partial charge is 0.473 e. The van der Waals surface area contributed by atoms with E-state index in [0.717, 1.165) is 19.5 Å². The molecule has 0 radical (unpaired) electrons. The van der Waals surface area contributed by atoms with Crippen molar-refractivity contribution in [2.45, 2.75) is 25.7 Å². The van der Waals surface area contributed by atoms with E-state index < -0.39 is 28.8 Å². The van der Waals surface area contributed by atoms with Gasteiger partial charge in [0.2, 0.25) is 0 Å². The van der Waals surface area contributed by atoms with Crippen LogP contribution in [0, 0.1) is 10.1 Å². The minimum atomic E-state index is -1.82. The van der Waals surface area contributed by atoms with Crippen LogP contribution in [0.25, 0.3) is 0 Å². The lowest BCUT2D eigenvalue weighted by Gasteiger charge is -2.26. The number of rotatable bonds is 6. The van der Waals surface area contributed by atoms with E-state index in [1.54, 1.807) is 6.07 Å². The van der Waals surface area contributed by atoms with Crippen LogP contribution in [-0.2, 0) is 19.2 Å². The van der Waals surface area contributed by atoms with E-state index in [2.05, 4.69) is 15.2 Å². The first-order chi connectivity index (χ1) is 14.5. The Morgan fingerprint density at radius 2 is 1.48 bits per heavy atom. The number of nitro groups is 1. The van der Waals surface area contributed by atoms with E-state index in [-0.39, 0.29) is 5.69 Å². The molecule has 172 valence electrons. The monoisotopic (exact) mass is 444 g/mol. The van der Waals surface area contributed by atoms with Gasteiger partial charge >= 0.3 is 23.9 Å². The minimum Gasteiger partial charge on any atom is -0.473 e. The van der Waals surface area contributed by atoms with Crippen molar-refractivity contribution in [2.75, 3.05) is 31.5 Å². The summed E-state index contributed by atoms with van der Waals surface area (Å²) in [6.45, 7) is 4.40. The highest BCUT2D eigenvalue weighted by atomic mass is 16.6. The summed E-state index contributed by atoms with van der Waals surface area (Å²) in [6, 6.07) is 3.12. The molecule has 1 fully saturated rings. The Labute approximate surface area is 176 Å². The summed E-state index contributed by atoms with van der Waals surface area (Å²) in [7, 11) is 0. The van der Waals surface area contributed by atoms with Crippen molar-refractivity contribution in [3.63, 3.8) is 0 Å². The predicted octanol–water partition coefficient (Wildman–Crippen LogP) is 0.589. The van der Waals surface area contributed by atoms with Crippen LogP contribution in [0.15, 0.2) is 18.3 Å². The maximum absolute atomic E-state index is 10.5. The number of aromatic nitrogens is 1. The number of carbonyl (C=O) groups is 4. The zero-order valence-electron chi connectivity index (χ0n) is 16.5. The molecule has 1 aromatic rings. The fraction of sp³-hybridized carbons (Fsp3) is 0.471. The van der Waals surface area contributed by atoms with Crippen LogP contribution in [0.2, 0.25) is 0 Å². The Bertz CT molecular complexity index is 700. The average Bonchev–Trinajstić information content (AvgIpc) is 2.73. The fourth-order valence-corrected chi connectivity index (χ4v) is 2.30. The molecule has 2 rings (SSSR count). The summed E-state index contributed by atoms with van der Waals surface area (Å²) in [6.07, 6.45) is 6.35. The van der Waals surface area contributed by atoms with Gasteiger partial charge in [0.05, 0.1) is 4.92 Å². The molecule has 5 N–H and O–H groups in total. The highest BCUT2D eigenvalue weighted by Gasteiger charge is 2.09. The molecule has 31 heavy (non-hydrogen) atoms. The summed E-state index contributed by atoms with van der Waals surface area (Å²) >= 11 is 0. The van der Waals surface area contributed by atoms with Crippen LogP contribution in [-0.4, -0.2) is 85.3 Å². The Morgan fingerprint density at radius 3 is 1.87 bits per heavy atom. The zero-order valence-corrected chi connectivity index (χ0v) is 16.5. The van der Waals surface area contributed by atoms with Gasteiger partial charge in [0.25, 0.3) is 5.69 Å². The second-order valence-corrected chi connectivity index (χ2v) is 6.06. The first-order valence-electron chi connectivity index (χ1n) is 9.03. The van der Waals surface area contributed by atoms with Crippen molar-refractivity contribution < 1.29 is 44.5 Å². The molecule has 14 nitrogen and oxygen atoms in total. The number of aliphatic carboxylic acids is 4. The van der Waals surface area contributed by atoms with Crippen LogP contribution < -0.4 is 5.32 Å². The molecular formula is C17H24N4O10. The van der Waals surface area contributed by atoms with Crippen molar-refractivity contribution in [1.29, 1.82) is 0 Å².